The minimum Gasteiger partial charge on any atom is -0.465 e. The van der Waals surface area contributed by atoms with Crippen molar-refractivity contribution in [1.29, 1.82) is 0 Å². The van der Waals surface area contributed by atoms with Gasteiger partial charge in [-0.05, 0) is 60.1 Å². The molecule has 1 heterocycles. The van der Waals surface area contributed by atoms with Gasteiger partial charge in [-0.3, -0.25) is 14.5 Å². The number of amides is 2. The molecule has 0 spiro atoms. The summed E-state index contributed by atoms with van der Waals surface area (Å²) in [5.41, 5.74) is 7.12. The van der Waals surface area contributed by atoms with Crippen molar-refractivity contribution in [1.82, 2.24) is 4.90 Å². The molecule has 0 bridgehead atoms. The van der Waals surface area contributed by atoms with Crippen molar-refractivity contribution in [3.63, 3.8) is 0 Å². The molecule has 0 aromatic heterocycles. The number of hydrogen-bond acceptors (Lipinski definition) is 6. The highest BCUT2D eigenvalue weighted by atomic mass is 16.5. The Hall–Kier alpha value is -5.99. The summed E-state index contributed by atoms with van der Waals surface area (Å²) in [5, 5.41) is 6.38. The first kappa shape index (κ1) is 32.0. The molecule has 6 rings (SSSR count). The molecule has 0 fully saturated rings. The number of anilines is 3. The van der Waals surface area contributed by atoms with Gasteiger partial charge in [-0.15, -0.1) is 0 Å². The average molecular weight is 637 g/mol. The van der Waals surface area contributed by atoms with Crippen LogP contribution < -0.4 is 15.5 Å². The normalized spacial score (nSPS) is 13.0. The van der Waals surface area contributed by atoms with Crippen molar-refractivity contribution in [3.05, 3.63) is 161 Å². The van der Waals surface area contributed by atoms with Crippen molar-refractivity contribution in [2.24, 2.45) is 0 Å². The Labute approximate surface area is 280 Å². The Bertz CT molecular complexity index is 1940. The van der Waals surface area contributed by atoms with Crippen molar-refractivity contribution in [2.75, 3.05) is 36.2 Å². The Morgan fingerprint density at radius 3 is 1.96 bits per heavy atom. The summed E-state index contributed by atoms with van der Waals surface area (Å²) in [5.74, 6) is -0.779. The predicted molar refractivity (Wildman–Crippen MR) is 190 cm³/mol. The van der Waals surface area contributed by atoms with Gasteiger partial charge in [0.25, 0.3) is 5.91 Å². The van der Waals surface area contributed by atoms with E-state index in [4.69, 9.17) is 4.74 Å². The number of carbonyl (C=O) groups excluding carboxylic acids is 3. The number of rotatable bonds is 11. The maximum absolute atomic E-state index is 13.8. The molecule has 2 N–H and O–H groups in total. The van der Waals surface area contributed by atoms with Crippen LogP contribution >= 0.6 is 0 Å². The lowest BCUT2D eigenvalue weighted by molar-refractivity contribution is -0.119. The lowest BCUT2D eigenvalue weighted by atomic mass is 9.99. The molecular weight excluding hydrogens is 600 g/mol. The zero-order valence-corrected chi connectivity index (χ0v) is 26.9. The third-order valence-electron chi connectivity index (χ3n) is 8.13. The number of benzene rings is 5. The molecule has 5 aromatic rings. The van der Waals surface area contributed by atoms with E-state index in [1.54, 1.807) is 23.1 Å². The van der Waals surface area contributed by atoms with E-state index in [0.29, 0.717) is 41.2 Å². The van der Waals surface area contributed by atoms with Gasteiger partial charge in [0.15, 0.2) is 0 Å². The second-order valence-corrected chi connectivity index (χ2v) is 11.6. The molecule has 0 atom stereocenters. The first-order valence-electron chi connectivity index (χ1n) is 15.7. The summed E-state index contributed by atoms with van der Waals surface area (Å²) < 4.78 is 4.86. The molecule has 8 heteroatoms. The van der Waals surface area contributed by atoms with E-state index in [1.807, 2.05) is 115 Å². The molecule has 240 valence electrons. The SMILES string of the molecule is COC(=O)c1ccc2c(c1)NC(=O)C2=C(Nc1ccc(N(Cc2ccccc2)C(=O)CN(C)Cc2ccccc2)cc1)c1ccccc1. The van der Waals surface area contributed by atoms with E-state index in [9.17, 15) is 14.4 Å². The maximum Gasteiger partial charge on any atom is 0.337 e. The predicted octanol–water partition coefficient (Wildman–Crippen LogP) is 7.07. The topological polar surface area (TPSA) is 91.0 Å². The Morgan fingerprint density at radius 1 is 0.729 bits per heavy atom. The summed E-state index contributed by atoms with van der Waals surface area (Å²) >= 11 is 0. The van der Waals surface area contributed by atoms with Crippen molar-refractivity contribution >= 4 is 46.1 Å². The Balaban J connectivity index is 1.29. The van der Waals surface area contributed by atoms with Crippen LogP contribution in [0.4, 0.5) is 17.1 Å². The number of esters is 1. The molecule has 1 aliphatic rings. The number of nitrogens with one attached hydrogen (secondary N) is 2. The molecule has 0 saturated heterocycles. The summed E-state index contributed by atoms with van der Waals surface area (Å²) in [7, 11) is 3.27. The van der Waals surface area contributed by atoms with Crippen molar-refractivity contribution in [2.45, 2.75) is 13.1 Å². The van der Waals surface area contributed by atoms with Gasteiger partial charge in [-0.25, -0.2) is 4.79 Å². The van der Waals surface area contributed by atoms with Gasteiger partial charge in [0.1, 0.15) is 0 Å². The molecule has 0 radical (unpaired) electrons. The van der Waals surface area contributed by atoms with E-state index in [0.717, 1.165) is 28.1 Å². The molecule has 2 amide bonds. The van der Waals surface area contributed by atoms with Crippen molar-refractivity contribution in [3.8, 4) is 0 Å². The fraction of sp³-hybridized carbons (Fsp3) is 0.125. The van der Waals surface area contributed by atoms with Crippen LogP contribution in [0, 0.1) is 0 Å². The summed E-state index contributed by atoms with van der Waals surface area (Å²) in [4.78, 5) is 43.2. The molecule has 8 nitrogen and oxygen atoms in total. The van der Waals surface area contributed by atoms with Crippen molar-refractivity contribution < 1.29 is 19.1 Å². The molecule has 0 unspecified atom stereocenters. The fourth-order valence-electron chi connectivity index (χ4n) is 5.78. The first-order valence-corrected chi connectivity index (χ1v) is 15.7. The maximum atomic E-state index is 13.8. The van der Waals surface area contributed by atoms with Crippen LogP contribution in [0.1, 0.15) is 32.6 Å². The zero-order chi connectivity index (χ0) is 33.5. The van der Waals surface area contributed by atoms with E-state index in [1.165, 1.54) is 7.11 Å². The summed E-state index contributed by atoms with van der Waals surface area (Å²) in [6, 6.07) is 42.3. The lowest BCUT2D eigenvalue weighted by Gasteiger charge is -2.26. The molecular formula is C40H36N4O4. The van der Waals surface area contributed by atoms with E-state index < -0.39 is 5.97 Å². The summed E-state index contributed by atoms with van der Waals surface area (Å²) in [6.07, 6.45) is 0. The monoisotopic (exact) mass is 636 g/mol. The van der Waals surface area contributed by atoms with Gasteiger partial charge in [0, 0.05) is 23.5 Å². The Morgan fingerprint density at radius 2 is 1.33 bits per heavy atom. The van der Waals surface area contributed by atoms with Gasteiger partial charge in [-0.1, -0.05) is 97.1 Å². The van der Waals surface area contributed by atoms with E-state index in [-0.39, 0.29) is 18.4 Å². The van der Waals surface area contributed by atoms with Gasteiger partial charge in [0.05, 0.1) is 42.7 Å². The number of carbonyl (C=O) groups is 3. The smallest absolute Gasteiger partial charge is 0.337 e. The third-order valence-corrected chi connectivity index (χ3v) is 8.13. The average Bonchev–Trinajstić information content (AvgIpc) is 3.45. The number of nitrogens with zero attached hydrogens (tertiary/aromatic N) is 2. The molecule has 5 aromatic carbocycles. The number of fused-ring (bicyclic) bond motifs is 1. The fourth-order valence-corrected chi connectivity index (χ4v) is 5.78. The zero-order valence-electron chi connectivity index (χ0n) is 26.9. The molecule has 0 saturated carbocycles. The van der Waals surface area contributed by atoms with Crippen LogP contribution in [0.3, 0.4) is 0 Å². The molecule has 1 aliphatic heterocycles. The number of methoxy groups -OCH3 is 1. The minimum atomic E-state index is -0.478. The Kier molecular flexibility index (Phi) is 9.74. The highest BCUT2D eigenvalue weighted by Crippen LogP contribution is 2.38. The van der Waals surface area contributed by atoms with Gasteiger partial charge >= 0.3 is 5.97 Å². The molecule has 0 aliphatic carbocycles. The lowest BCUT2D eigenvalue weighted by Crippen LogP contribution is -2.38. The quantitative estimate of drug-likeness (QED) is 0.119. The first-order chi connectivity index (χ1) is 23.4. The van der Waals surface area contributed by atoms with Crippen LogP contribution in [0.25, 0.3) is 11.3 Å². The van der Waals surface area contributed by atoms with Crippen LogP contribution in [0.15, 0.2) is 133 Å². The van der Waals surface area contributed by atoms with Gasteiger partial charge in [0.2, 0.25) is 5.91 Å². The third kappa shape index (κ3) is 7.35. The van der Waals surface area contributed by atoms with Crippen LogP contribution in [-0.2, 0) is 27.4 Å². The van der Waals surface area contributed by atoms with Crippen LogP contribution in [0.5, 0.6) is 0 Å². The molecule has 48 heavy (non-hydrogen) atoms. The van der Waals surface area contributed by atoms with Crippen LogP contribution in [0.2, 0.25) is 0 Å². The number of ether oxygens (including phenoxy) is 1. The standard InChI is InChI=1S/C40H36N4O4/c1-43(25-28-12-6-3-7-13-28)27-36(45)44(26-29-14-8-4-9-15-29)33-21-19-32(20-22-33)41-38(30-16-10-5-11-17-30)37-34-23-18-31(40(47)48-2)24-35(34)42-39(37)46/h3-24,41H,25-27H2,1-2H3,(H,42,46). The van der Waals surface area contributed by atoms with Gasteiger partial charge < -0.3 is 20.3 Å². The van der Waals surface area contributed by atoms with E-state index >= 15 is 0 Å². The van der Waals surface area contributed by atoms with Gasteiger partial charge in [-0.2, -0.15) is 0 Å². The second-order valence-electron chi connectivity index (χ2n) is 11.6. The summed E-state index contributed by atoms with van der Waals surface area (Å²) in [6.45, 7) is 1.33. The van der Waals surface area contributed by atoms with E-state index in [2.05, 4.69) is 22.8 Å². The highest BCUT2D eigenvalue weighted by Gasteiger charge is 2.29. The minimum absolute atomic E-state index is 0.0179. The van der Waals surface area contributed by atoms with Crippen LogP contribution in [-0.4, -0.2) is 43.4 Å². The second kappa shape index (κ2) is 14.6. The number of likely N-dealkylation sites (N-methyl/N-ethyl adjacent to an activating group) is 1. The number of hydrogen-bond donors (Lipinski definition) is 2. The highest BCUT2D eigenvalue weighted by molar-refractivity contribution is 6.37. The largest absolute Gasteiger partial charge is 0.465 e.